The molecule has 2 aromatic rings. The normalized spacial score (nSPS) is 19.4. The molecule has 0 radical (unpaired) electrons. The minimum absolute atomic E-state index is 0. The van der Waals surface area contributed by atoms with Crippen molar-refractivity contribution in [2.24, 2.45) is 0 Å². The van der Waals surface area contributed by atoms with Crippen molar-refractivity contribution in [1.29, 1.82) is 0 Å². The largest absolute Gasteiger partial charge is 0.348 e. The first-order valence-corrected chi connectivity index (χ1v) is 12.1. The fourth-order valence-corrected chi connectivity index (χ4v) is 7.42. The van der Waals surface area contributed by atoms with Crippen LogP contribution in [0.1, 0.15) is 39.5 Å². The van der Waals surface area contributed by atoms with Crippen molar-refractivity contribution in [2.75, 3.05) is 32.7 Å². The van der Waals surface area contributed by atoms with Gasteiger partial charge in [-0.25, -0.2) is 0 Å². The summed E-state index contributed by atoms with van der Waals surface area (Å²) in [6, 6.07) is 8.27. The summed E-state index contributed by atoms with van der Waals surface area (Å²) in [6.45, 7) is 7.15. The molecule has 1 N–H and O–H groups in total. The minimum atomic E-state index is -0.232. The fraction of sp³-hybridized carbons (Fsp3) is 0.429. The van der Waals surface area contributed by atoms with Gasteiger partial charge in [0, 0.05) is 50.3 Å². The second kappa shape index (κ2) is 10.2. The van der Waals surface area contributed by atoms with Crippen LogP contribution in [-0.4, -0.2) is 54.2 Å². The van der Waals surface area contributed by atoms with Crippen molar-refractivity contribution < 1.29 is 9.59 Å². The Morgan fingerprint density at radius 2 is 1.80 bits per heavy atom. The van der Waals surface area contributed by atoms with E-state index in [1.165, 1.54) is 22.5 Å². The number of piperazine rings is 1. The number of hydrogen-bond donors (Lipinski definition) is 1. The molecular formula is C21H24Br2ClN3O2S. The maximum absolute atomic E-state index is 12.6. The number of thiophene rings is 1. The molecule has 1 aromatic carbocycles. The maximum atomic E-state index is 12.6. The number of rotatable bonds is 5. The third-order valence-corrected chi connectivity index (χ3v) is 8.27. The average molecular weight is 578 g/mol. The van der Waals surface area contributed by atoms with Gasteiger partial charge < -0.3 is 5.32 Å². The van der Waals surface area contributed by atoms with Crippen LogP contribution in [0, 0.1) is 6.92 Å². The highest BCUT2D eigenvalue weighted by atomic mass is 79.9. The van der Waals surface area contributed by atoms with E-state index in [0.29, 0.717) is 13.0 Å². The van der Waals surface area contributed by atoms with Gasteiger partial charge >= 0.3 is 0 Å². The first-order valence-electron chi connectivity index (χ1n) is 9.72. The third kappa shape index (κ3) is 5.16. The molecule has 1 atom stereocenters. The number of fused-ring (bicyclic) bond motifs is 1. The third-order valence-electron chi connectivity index (χ3n) is 5.70. The number of amides is 1. The van der Waals surface area contributed by atoms with Crippen molar-refractivity contribution >= 4 is 67.3 Å². The fourth-order valence-electron chi connectivity index (χ4n) is 4.05. The second-order valence-electron chi connectivity index (χ2n) is 7.66. The maximum Gasteiger partial charge on any atom is 0.234 e. The highest BCUT2D eigenvalue weighted by Gasteiger charge is 2.36. The van der Waals surface area contributed by atoms with Gasteiger partial charge in [-0.3, -0.25) is 19.4 Å². The zero-order valence-electron chi connectivity index (χ0n) is 16.6. The summed E-state index contributed by atoms with van der Waals surface area (Å²) >= 11 is 8.48. The Morgan fingerprint density at radius 1 is 1.13 bits per heavy atom. The highest BCUT2D eigenvalue weighted by Crippen LogP contribution is 2.46. The molecule has 9 heteroatoms. The topological polar surface area (TPSA) is 52.6 Å². The average Bonchev–Trinajstić information content (AvgIpc) is 3.16. The molecule has 1 aromatic heterocycles. The molecule has 1 fully saturated rings. The molecule has 0 bridgehead atoms. The summed E-state index contributed by atoms with van der Waals surface area (Å²) in [7, 11) is 0. The van der Waals surface area contributed by atoms with Gasteiger partial charge in [0.25, 0.3) is 0 Å². The number of Topliss-reactive ketones (excluding diaryl/α,β-unsaturated/α-hetero) is 1. The molecule has 1 amide bonds. The molecule has 1 saturated heterocycles. The van der Waals surface area contributed by atoms with Gasteiger partial charge in [-0.1, -0.05) is 24.3 Å². The number of halogens is 3. The Hall–Kier alpha value is -0.770. The van der Waals surface area contributed by atoms with Crippen LogP contribution in [0.3, 0.4) is 0 Å². The smallest absolute Gasteiger partial charge is 0.234 e. The van der Waals surface area contributed by atoms with Crippen molar-refractivity contribution in [2.45, 2.75) is 25.9 Å². The number of hydrogen-bond acceptors (Lipinski definition) is 5. The van der Waals surface area contributed by atoms with Crippen molar-refractivity contribution in [3.05, 3.63) is 54.1 Å². The molecule has 0 spiro atoms. The molecule has 5 nitrogen and oxygen atoms in total. The first kappa shape index (κ1) is 23.9. The molecule has 162 valence electrons. The number of benzene rings is 1. The molecule has 4 rings (SSSR count). The lowest BCUT2D eigenvalue weighted by Crippen LogP contribution is -2.49. The van der Waals surface area contributed by atoms with Crippen LogP contribution in [-0.2, 0) is 11.3 Å². The number of ketones is 1. The van der Waals surface area contributed by atoms with Crippen LogP contribution in [0.4, 0.5) is 0 Å². The number of nitrogens with one attached hydrogen (secondary N) is 1. The van der Waals surface area contributed by atoms with E-state index in [1.807, 2.05) is 0 Å². The lowest BCUT2D eigenvalue weighted by atomic mass is 10.1. The van der Waals surface area contributed by atoms with Gasteiger partial charge in [0.05, 0.1) is 20.2 Å². The van der Waals surface area contributed by atoms with E-state index in [4.69, 9.17) is 0 Å². The van der Waals surface area contributed by atoms with Crippen LogP contribution in [0.25, 0.3) is 0 Å². The summed E-state index contributed by atoms with van der Waals surface area (Å²) in [5, 5.41) is 3.07. The monoisotopic (exact) mass is 575 g/mol. The van der Waals surface area contributed by atoms with Crippen molar-refractivity contribution in [3.8, 4) is 0 Å². The Balaban J connectivity index is 0.00000256. The lowest BCUT2D eigenvalue weighted by molar-refractivity contribution is -0.123. The van der Waals surface area contributed by atoms with E-state index in [9.17, 15) is 9.59 Å². The highest BCUT2D eigenvalue weighted by molar-refractivity contribution is 9.12. The SMILES string of the molecule is Cc1ccccc1CN1CCN(CC(=O)NC2CC(=O)c3c(Br)sc(Br)c32)CC1.Cl. The Morgan fingerprint density at radius 3 is 2.50 bits per heavy atom. The van der Waals surface area contributed by atoms with E-state index in [2.05, 4.69) is 78.2 Å². The van der Waals surface area contributed by atoms with E-state index in [0.717, 1.165) is 51.4 Å². The zero-order chi connectivity index (χ0) is 20.5. The first-order chi connectivity index (χ1) is 13.9. The van der Waals surface area contributed by atoms with Crippen LogP contribution >= 0.6 is 55.6 Å². The van der Waals surface area contributed by atoms with E-state index < -0.39 is 0 Å². The predicted molar refractivity (Wildman–Crippen MR) is 130 cm³/mol. The van der Waals surface area contributed by atoms with Gasteiger partial charge in [0.2, 0.25) is 5.91 Å². The molecule has 2 heterocycles. The predicted octanol–water partition coefficient (Wildman–Crippen LogP) is 4.56. The van der Waals surface area contributed by atoms with Gasteiger partial charge in [0.1, 0.15) is 0 Å². The molecule has 0 saturated carbocycles. The number of carbonyl (C=O) groups excluding carboxylic acids is 2. The molecule has 2 aliphatic rings. The molecule has 1 unspecified atom stereocenters. The van der Waals surface area contributed by atoms with Crippen molar-refractivity contribution in [3.63, 3.8) is 0 Å². The number of aryl methyl sites for hydroxylation is 1. The van der Waals surface area contributed by atoms with E-state index >= 15 is 0 Å². The Kier molecular flexibility index (Phi) is 8.15. The summed E-state index contributed by atoms with van der Waals surface area (Å²) in [5.41, 5.74) is 4.33. The molecular weight excluding hydrogens is 554 g/mol. The Labute approximate surface area is 203 Å². The quantitative estimate of drug-likeness (QED) is 0.566. The van der Waals surface area contributed by atoms with Crippen molar-refractivity contribution in [1.82, 2.24) is 15.1 Å². The summed E-state index contributed by atoms with van der Waals surface area (Å²) < 4.78 is 1.76. The minimum Gasteiger partial charge on any atom is -0.348 e. The molecule has 1 aliphatic carbocycles. The standard InChI is InChI=1S/C21H23Br2N3O2S.ClH/c1-13-4-2-3-5-14(13)11-25-6-8-26(9-7-25)12-17(28)24-15-10-16(27)19-18(15)20(22)29-21(19)23;/h2-5,15H,6-12H2,1H3,(H,24,28);1H. The van der Waals surface area contributed by atoms with Gasteiger partial charge in [-0.05, 0) is 49.9 Å². The molecule has 30 heavy (non-hydrogen) atoms. The number of carbonyl (C=O) groups is 2. The number of nitrogens with zero attached hydrogens (tertiary/aromatic N) is 2. The lowest BCUT2D eigenvalue weighted by Gasteiger charge is -2.34. The Bertz CT molecular complexity index is 944. The van der Waals surface area contributed by atoms with Gasteiger partial charge in [-0.2, -0.15) is 0 Å². The van der Waals surface area contributed by atoms with E-state index in [-0.39, 0.29) is 30.1 Å². The van der Waals surface area contributed by atoms with Gasteiger partial charge in [0.15, 0.2) is 5.78 Å². The van der Waals surface area contributed by atoms with Crippen LogP contribution < -0.4 is 5.32 Å². The summed E-state index contributed by atoms with van der Waals surface area (Å²) in [6.07, 6.45) is 0.339. The molecule has 1 aliphatic heterocycles. The summed E-state index contributed by atoms with van der Waals surface area (Å²) in [5.74, 6) is 0.0705. The van der Waals surface area contributed by atoms with Crippen LogP contribution in [0.15, 0.2) is 31.8 Å². The second-order valence-corrected chi connectivity index (χ2v) is 11.3. The van der Waals surface area contributed by atoms with Gasteiger partial charge in [-0.15, -0.1) is 23.7 Å². The van der Waals surface area contributed by atoms with Crippen LogP contribution in [0.2, 0.25) is 0 Å². The van der Waals surface area contributed by atoms with Crippen LogP contribution in [0.5, 0.6) is 0 Å². The zero-order valence-corrected chi connectivity index (χ0v) is 21.4. The summed E-state index contributed by atoms with van der Waals surface area (Å²) in [4.78, 5) is 29.5. The van der Waals surface area contributed by atoms with E-state index in [1.54, 1.807) is 0 Å².